The van der Waals surface area contributed by atoms with Gasteiger partial charge in [0, 0.05) is 23.1 Å². The van der Waals surface area contributed by atoms with Gasteiger partial charge in [-0.25, -0.2) is 4.98 Å². The van der Waals surface area contributed by atoms with E-state index in [4.69, 9.17) is 0 Å². The second kappa shape index (κ2) is 8.93. The van der Waals surface area contributed by atoms with Gasteiger partial charge >= 0.3 is 0 Å². The zero-order valence-electron chi connectivity index (χ0n) is 16.9. The first-order valence-corrected chi connectivity index (χ1v) is 9.75. The van der Waals surface area contributed by atoms with E-state index in [9.17, 15) is 10.1 Å². The van der Waals surface area contributed by atoms with Gasteiger partial charge in [0.25, 0.3) is 5.56 Å². The lowest BCUT2D eigenvalue weighted by molar-refractivity contribution is 1.05. The monoisotopic (exact) mass is 408 g/mol. The van der Waals surface area contributed by atoms with Crippen LogP contribution >= 0.6 is 0 Å². The topological polar surface area (TPSA) is 106 Å². The van der Waals surface area contributed by atoms with E-state index in [0.717, 1.165) is 22.6 Å². The highest BCUT2D eigenvalue weighted by Crippen LogP contribution is 2.23. The van der Waals surface area contributed by atoms with Gasteiger partial charge in [0.1, 0.15) is 11.6 Å². The number of anilines is 3. The maximum Gasteiger partial charge on any atom is 0.270 e. The minimum absolute atomic E-state index is 0.0244. The van der Waals surface area contributed by atoms with Crippen LogP contribution in [0.2, 0.25) is 0 Å². The maximum absolute atomic E-state index is 12.5. The number of rotatable bonds is 6. The summed E-state index contributed by atoms with van der Waals surface area (Å²) in [6, 6.07) is 22.9. The smallest absolute Gasteiger partial charge is 0.270 e. The van der Waals surface area contributed by atoms with Gasteiger partial charge in [-0.05, 0) is 43.3 Å². The first-order chi connectivity index (χ1) is 15.1. The van der Waals surface area contributed by atoms with Gasteiger partial charge in [0.2, 0.25) is 5.95 Å². The summed E-state index contributed by atoms with van der Waals surface area (Å²) in [6.07, 6.45) is 1.75. The molecule has 0 spiro atoms. The molecule has 2 aromatic heterocycles. The van der Waals surface area contributed by atoms with Crippen molar-refractivity contribution < 1.29 is 0 Å². The molecule has 3 N–H and O–H groups in total. The lowest BCUT2D eigenvalue weighted by Gasteiger charge is -2.10. The van der Waals surface area contributed by atoms with Gasteiger partial charge < -0.3 is 10.6 Å². The first kappa shape index (κ1) is 19.9. The zero-order valence-corrected chi connectivity index (χ0v) is 16.9. The normalized spacial score (nSPS) is 10.3. The zero-order chi connectivity index (χ0) is 21.6. The molecule has 0 aliphatic carbocycles. The fourth-order valence-corrected chi connectivity index (χ4v) is 3.06. The molecule has 0 fully saturated rings. The molecule has 7 nitrogen and oxygen atoms in total. The molecule has 0 saturated carbocycles. The van der Waals surface area contributed by atoms with Crippen LogP contribution in [0, 0.1) is 18.3 Å². The molecule has 0 aliphatic rings. The van der Waals surface area contributed by atoms with Crippen LogP contribution in [0.25, 0.3) is 11.3 Å². The van der Waals surface area contributed by atoms with Crippen molar-refractivity contribution in [2.24, 2.45) is 0 Å². The predicted octanol–water partition coefficient (Wildman–Crippen LogP) is 4.37. The molecule has 4 rings (SSSR count). The Balaban J connectivity index is 1.58. The quantitative estimate of drug-likeness (QED) is 0.437. The van der Waals surface area contributed by atoms with Crippen LogP contribution in [-0.2, 0) is 6.54 Å². The number of aryl methyl sites for hydroxylation is 1. The van der Waals surface area contributed by atoms with Crippen LogP contribution in [0.1, 0.15) is 16.8 Å². The third kappa shape index (κ3) is 4.77. The SMILES string of the molecule is Cc1ccc(Nc2nc(-c3ccc(NCc4ccccn4)cc3)c(C#N)c(=O)[nH]2)cc1. The molecule has 0 radical (unpaired) electrons. The average molecular weight is 408 g/mol. The van der Waals surface area contributed by atoms with Crippen molar-refractivity contribution in [2.45, 2.75) is 13.5 Å². The van der Waals surface area contributed by atoms with Crippen LogP contribution in [0.3, 0.4) is 0 Å². The van der Waals surface area contributed by atoms with Crippen molar-refractivity contribution in [3.8, 4) is 17.3 Å². The predicted molar refractivity (Wildman–Crippen MR) is 121 cm³/mol. The van der Waals surface area contributed by atoms with E-state index in [1.807, 2.05) is 79.7 Å². The number of benzene rings is 2. The number of hydrogen-bond donors (Lipinski definition) is 3. The van der Waals surface area contributed by atoms with E-state index >= 15 is 0 Å². The highest BCUT2D eigenvalue weighted by atomic mass is 16.1. The summed E-state index contributed by atoms with van der Waals surface area (Å²) in [5, 5.41) is 15.9. The largest absolute Gasteiger partial charge is 0.379 e. The number of aromatic amines is 1. The van der Waals surface area contributed by atoms with Crippen LogP contribution in [0.15, 0.2) is 77.7 Å². The number of hydrogen-bond acceptors (Lipinski definition) is 6. The van der Waals surface area contributed by atoms with E-state index in [-0.39, 0.29) is 11.5 Å². The Kier molecular flexibility index (Phi) is 5.72. The summed E-state index contributed by atoms with van der Waals surface area (Å²) in [7, 11) is 0. The fraction of sp³-hybridized carbons (Fsp3) is 0.0833. The first-order valence-electron chi connectivity index (χ1n) is 9.75. The van der Waals surface area contributed by atoms with Crippen LogP contribution in [0.5, 0.6) is 0 Å². The molecule has 4 aromatic rings. The van der Waals surface area contributed by atoms with Gasteiger partial charge in [0.05, 0.1) is 17.9 Å². The Bertz CT molecular complexity index is 1270. The molecular formula is C24H20N6O. The summed E-state index contributed by atoms with van der Waals surface area (Å²) in [5.41, 5.74) is 4.25. The molecule has 2 aromatic carbocycles. The molecule has 2 heterocycles. The number of nitrogens with one attached hydrogen (secondary N) is 3. The standard InChI is InChI=1S/C24H20N6O/c1-16-5-9-19(10-6-16)28-24-29-22(21(14-25)23(31)30-24)17-7-11-18(12-8-17)27-15-20-4-2-3-13-26-20/h2-13,27H,15H2,1H3,(H2,28,29,30,31). The maximum atomic E-state index is 12.5. The lowest BCUT2D eigenvalue weighted by atomic mass is 10.1. The third-order valence-electron chi connectivity index (χ3n) is 4.70. The third-order valence-corrected chi connectivity index (χ3v) is 4.70. The summed E-state index contributed by atoms with van der Waals surface area (Å²) < 4.78 is 0. The summed E-state index contributed by atoms with van der Waals surface area (Å²) in [6.45, 7) is 2.59. The average Bonchev–Trinajstić information content (AvgIpc) is 2.80. The van der Waals surface area contributed by atoms with Gasteiger partial charge in [-0.15, -0.1) is 0 Å². The van der Waals surface area contributed by atoms with Crippen molar-refractivity contribution in [2.75, 3.05) is 10.6 Å². The Morgan fingerprint density at radius 2 is 1.74 bits per heavy atom. The van der Waals surface area contributed by atoms with Crippen molar-refractivity contribution in [3.63, 3.8) is 0 Å². The highest BCUT2D eigenvalue weighted by Gasteiger charge is 2.13. The van der Waals surface area contributed by atoms with E-state index in [2.05, 4.69) is 25.6 Å². The number of pyridine rings is 1. The molecule has 0 bridgehead atoms. The molecule has 152 valence electrons. The van der Waals surface area contributed by atoms with E-state index in [1.54, 1.807) is 6.20 Å². The lowest BCUT2D eigenvalue weighted by Crippen LogP contribution is -2.16. The minimum atomic E-state index is -0.487. The number of H-pyrrole nitrogens is 1. The summed E-state index contributed by atoms with van der Waals surface area (Å²) in [4.78, 5) is 23.9. The van der Waals surface area contributed by atoms with Gasteiger partial charge in [-0.2, -0.15) is 5.26 Å². The Morgan fingerprint density at radius 3 is 2.42 bits per heavy atom. The summed E-state index contributed by atoms with van der Waals surface area (Å²) in [5.74, 6) is 0.278. The molecular weight excluding hydrogens is 388 g/mol. The van der Waals surface area contributed by atoms with Crippen LogP contribution < -0.4 is 16.2 Å². The minimum Gasteiger partial charge on any atom is -0.379 e. The molecule has 7 heteroatoms. The number of aromatic nitrogens is 3. The van der Waals surface area contributed by atoms with Gasteiger partial charge in [-0.3, -0.25) is 14.8 Å². The Labute approximate surface area is 179 Å². The number of nitrogens with zero attached hydrogens (tertiary/aromatic N) is 3. The summed E-state index contributed by atoms with van der Waals surface area (Å²) >= 11 is 0. The molecule has 0 aliphatic heterocycles. The molecule has 31 heavy (non-hydrogen) atoms. The second-order valence-corrected chi connectivity index (χ2v) is 6.99. The highest BCUT2D eigenvalue weighted by molar-refractivity contribution is 5.69. The molecule has 0 atom stereocenters. The molecule has 0 saturated heterocycles. The fourth-order valence-electron chi connectivity index (χ4n) is 3.06. The number of nitriles is 1. The van der Waals surface area contributed by atoms with E-state index in [0.29, 0.717) is 17.8 Å². The van der Waals surface area contributed by atoms with Crippen LogP contribution in [-0.4, -0.2) is 15.0 Å². The van der Waals surface area contributed by atoms with Gasteiger partial charge in [-0.1, -0.05) is 35.9 Å². The molecule has 0 amide bonds. The van der Waals surface area contributed by atoms with Gasteiger partial charge in [0.15, 0.2) is 0 Å². The second-order valence-electron chi connectivity index (χ2n) is 6.99. The van der Waals surface area contributed by atoms with E-state index < -0.39 is 5.56 Å². The molecule has 0 unspecified atom stereocenters. The van der Waals surface area contributed by atoms with E-state index in [1.165, 1.54) is 0 Å². The van der Waals surface area contributed by atoms with Crippen molar-refractivity contribution in [1.82, 2.24) is 15.0 Å². The Hall–Kier alpha value is -4.44. The van der Waals surface area contributed by atoms with Crippen molar-refractivity contribution in [1.29, 1.82) is 5.26 Å². The van der Waals surface area contributed by atoms with Crippen molar-refractivity contribution >= 4 is 17.3 Å². The van der Waals surface area contributed by atoms with Crippen molar-refractivity contribution in [3.05, 3.63) is 100 Å². The Morgan fingerprint density at radius 1 is 1.00 bits per heavy atom. The van der Waals surface area contributed by atoms with Crippen LogP contribution in [0.4, 0.5) is 17.3 Å².